The van der Waals surface area contributed by atoms with Crippen LogP contribution in [0.15, 0.2) is 0 Å². The molecule has 0 aliphatic heterocycles. The van der Waals surface area contributed by atoms with Gasteiger partial charge in [0.15, 0.2) is 0 Å². The molecule has 1 saturated carbocycles. The predicted molar refractivity (Wildman–Crippen MR) is 155 cm³/mol. The minimum atomic E-state index is -2.93. The van der Waals surface area contributed by atoms with E-state index in [0.29, 0.717) is 64.6 Å². The molecule has 0 radical (unpaired) electrons. The van der Waals surface area contributed by atoms with Gasteiger partial charge in [0.1, 0.15) is 0 Å². The van der Waals surface area contributed by atoms with Crippen LogP contribution in [0.3, 0.4) is 0 Å². The summed E-state index contributed by atoms with van der Waals surface area (Å²) in [7, 11) is -5.87. The van der Waals surface area contributed by atoms with Gasteiger partial charge in [-0.3, -0.25) is 19.2 Å². The summed E-state index contributed by atoms with van der Waals surface area (Å²) in [5, 5.41) is 25.0. The number of hydrogen-bond donors (Lipinski definition) is 4. The second-order valence-corrected chi connectivity index (χ2v) is 15.0. The zero-order chi connectivity index (χ0) is 31.8. The molecular weight excluding hydrogens is 588 g/mol. The Labute approximate surface area is 250 Å². The van der Waals surface area contributed by atoms with Crippen molar-refractivity contribution in [2.24, 2.45) is 23.7 Å². The second-order valence-electron chi connectivity index (χ2n) is 9.53. The zero-order valence-corrected chi connectivity index (χ0v) is 27.8. The lowest BCUT2D eigenvalue weighted by atomic mass is 9.55. The second kappa shape index (κ2) is 19.4. The lowest BCUT2D eigenvalue weighted by Crippen LogP contribution is -2.63. The van der Waals surface area contributed by atoms with E-state index < -0.39 is 65.0 Å². The first-order chi connectivity index (χ1) is 20.0. The van der Waals surface area contributed by atoms with Crippen molar-refractivity contribution in [3.8, 4) is 0 Å². The SMILES string of the molecule is CCO[Si](CCCNC(=O)C1C(C(=O)O)C(C(=O)NCCC[Si](OCC)(OCC)OCC)C1C(=O)O)(OCC)OCC. The fraction of sp³-hybridized carbons (Fsp3) is 0.846. The number of carboxylic acids is 2. The smallest absolute Gasteiger partial charge is 0.481 e. The summed E-state index contributed by atoms with van der Waals surface area (Å²) in [6.07, 6.45) is 0.834. The molecule has 0 aromatic heterocycles. The molecule has 0 aromatic carbocycles. The maximum absolute atomic E-state index is 13.0. The summed E-state index contributed by atoms with van der Waals surface area (Å²) in [5.41, 5.74) is 0. The van der Waals surface area contributed by atoms with Gasteiger partial charge in [0, 0.05) is 64.8 Å². The highest BCUT2D eigenvalue weighted by Crippen LogP contribution is 2.47. The van der Waals surface area contributed by atoms with Crippen LogP contribution in [0.25, 0.3) is 0 Å². The van der Waals surface area contributed by atoms with E-state index >= 15 is 0 Å². The molecule has 244 valence electrons. The number of nitrogens with one attached hydrogen (secondary N) is 2. The summed E-state index contributed by atoms with van der Waals surface area (Å²) in [5.74, 6) is -9.99. The minimum Gasteiger partial charge on any atom is -0.481 e. The maximum atomic E-state index is 13.0. The Bertz CT molecular complexity index is 755. The quantitative estimate of drug-likeness (QED) is 0.0887. The third-order valence-corrected chi connectivity index (χ3v) is 13.1. The van der Waals surface area contributed by atoms with Gasteiger partial charge < -0.3 is 47.4 Å². The molecule has 1 rings (SSSR count). The molecule has 0 bridgehead atoms. The van der Waals surface area contributed by atoms with Gasteiger partial charge in [-0.2, -0.15) is 0 Å². The standard InChI is InChI=1S/C26H50N2O12Si2/c1-7-35-41(36-8-2,37-9-3)17-13-15-27-23(29)19-21(25(31)32)20(22(19)26(33)34)24(30)28-16-14-18-42(38-10-4,39-11-5)40-12-6/h19-22H,7-18H2,1-6H3,(H,27,29)(H,28,30)(H,31,32)(H,33,34). The molecule has 0 spiro atoms. The van der Waals surface area contributed by atoms with Gasteiger partial charge in [-0.1, -0.05) is 0 Å². The van der Waals surface area contributed by atoms with Crippen molar-refractivity contribution in [3.05, 3.63) is 0 Å². The van der Waals surface area contributed by atoms with E-state index in [-0.39, 0.29) is 13.1 Å². The van der Waals surface area contributed by atoms with Gasteiger partial charge in [0.05, 0.1) is 23.7 Å². The van der Waals surface area contributed by atoms with Gasteiger partial charge in [0.2, 0.25) is 11.8 Å². The fourth-order valence-corrected chi connectivity index (χ4v) is 10.5. The van der Waals surface area contributed by atoms with Gasteiger partial charge in [-0.15, -0.1) is 0 Å². The Kier molecular flexibility index (Phi) is 17.6. The third kappa shape index (κ3) is 10.7. The fourth-order valence-electron chi connectivity index (χ4n) is 5.29. The number of carbonyl (C=O) groups is 4. The summed E-state index contributed by atoms with van der Waals surface area (Å²) < 4.78 is 34.8. The van der Waals surface area contributed by atoms with Crippen LogP contribution in [0.2, 0.25) is 12.1 Å². The first-order valence-electron chi connectivity index (χ1n) is 14.9. The van der Waals surface area contributed by atoms with Crippen LogP contribution in [0, 0.1) is 23.7 Å². The maximum Gasteiger partial charge on any atom is 0.500 e. The number of hydrogen-bond acceptors (Lipinski definition) is 10. The molecule has 1 fully saturated rings. The molecule has 4 N–H and O–H groups in total. The molecule has 0 unspecified atom stereocenters. The highest BCUT2D eigenvalue weighted by Gasteiger charge is 2.63. The van der Waals surface area contributed by atoms with Crippen molar-refractivity contribution in [1.82, 2.24) is 10.6 Å². The molecule has 1 aliphatic carbocycles. The zero-order valence-electron chi connectivity index (χ0n) is 25.8. The van der Waals surface area contributed by atoms with E-state index in [0.717, 1.165) is 0 Å². The first-order valence-corrected chi connectivity index (χ1v) is 18.7. The van der Waals surface area contributed by atoms with Crippen LogP contribution in [0.4, 0.5) is 0 Å². The van der Waals surface area contributed by atoms with Crippen LogP contribution in [0.1, 0.15) is 54.4 Å². The van der Waals surface area contributed by atoms with Crippen LogP contribution in [0.5, 0.6) is 0 Å². The molecular formula is C26H50N2O12Si2. The summed E-state index contributed by atoms with van der Waals surface area (Å²) in [4.78, 5) is 50.2. The van der Waals surface area contributed by atoms with E-state index in [1.807, 2.05) is 41.5 Å². The normalized spacial score (nSPS) is 20.5. The van der Waals surface area contributed by atoms with Gasteiger partial charge >= 0.3 is 29.5 Å². The minimum absolute atomic E-state index is 0.137. The Morgan fingerprint density at radius 2 is 0.786 bits per heavy atom. The summed E-state index contributed by atoms with van der Waals surface area (Å²) in [6, 6.07) is 0.840. The molecule has 1 aliphatic rings. The van der Waals surface area contributed by atoms with Crippen molar-refractivity contribution in [2.45, 2.75) is 66.5 Å². The van der Waals surface area contributed by atoms with E-state index in [9.17, 15) is 29.4 Å². The molecule has 0 aromatic rings. The Morgan fingerprint density at radius 3 is 1.00 bits per heavy atom. The third-order valence-electron chi connectivity index (χ3n) is 6.83. The van der Waals surface area contributed by atoms with E-state index in [2.05, 4.69) is 10.6 Å². The van der Waals surface area contributed by atoms with Crippen LogP contribution in [-0.2, 0) is 45.7 Å². The van der Waals surface area contributed by atoms with Crippen LogP contribution in [-0.4, -0.2) is 104 Å². The van der Waals surface area contributed by atoms with E-state index in [1.165, 1.54) is 0 Å². The first kappa shape index (κ1) is 38.1. The average Bonchev–Trinajstić information content (AvgIpc) is 2.89. The topological polar surface area (TPSA) is 188 Å². The van der Waals surface area contributed by atoms with Crippen molar-refractivity contribution in [2.75, 3.05) is 52.7 Å². The molecule has 16 heteroatoms. The van der Waals surface area contributed by atoms with Crippen molar-refractivity contribution >= 4 is 41.4 Å². The average molecular weight is 639 g/mol. The molecule has 0 atom stereocenters. The lowest BCUT2D eigenvalue weighted by molar-refractivity contribution is -0.181. The van der Waals surface area contributed by atoms with Crippen molar-refractivity contribution in [3.63, 3.8) is 0 Å². The number of carboxylic acid groups (broad SMARTS) is 2. The number of carbonyl (C=O) groups excluding carboxylic acids is 2. The highest BCUT2D eigenvalue weighted by atomic mass is 28.4. The van der Waals surface area contributed by atoms with E-state index in [4.69, 9.17) is 26.6 Å². The van der Waals surface area contributed by atoms with E-state index in [1.54, 1.807) is 0 Å². The van der Waals surface area contributed by atoms with Crippen LogP contribution < -0.4 is 10.6 Å². The Balaban J connectivity index is 2.83. The summed E-state index contributed by atoms with van der Waals surface area (Å²) in [6.45, 7) is 13.7. The molecule has 0 heterocycles. The Morgan fingerprint density at radius 1 is 0.524 bits per heavy atom. The summed E-state index contributed by atoms with van der Waals surface area (Å²) >= 11 is 0. The van der Waals surface area contributed by atoms with Crippen molar-refractivity contribution < 1.29 is 55.9 Å². The predicted octanol–water partition coefficient (Wildman–Crippen LogP) is 1.74. The largest absolute Gasteiger partial charge is 0.500 e. The van der Waals surface area contributed by atoms with Crippen LogP contribution >= 0.6 is 0 Å². The molecule has 42 heavy (non-hydrogen) atoms. The number of rotatable bonds is 24. The van der Waals surface area contributed by atoms with Gasteiger partial charge in [-0.05, 0) is 54.4 Å². The van der Waals surface area contributed by atoms with Crippen molar-refractivity contribution in [1.29, 1.82) is 0 Å². The lowest BCUT2D eigenvalue weighted by Gasteiger charge is -2.45. The highest BCUT2D eigenvalue weighted by molar-refractivity contribution is 6.61. The molecule has 2 amide bonds. The van der Waals surface area contributed by atoms with Gasteiger partial charge in [-0.25, -0.2) is 0 Å². The molecule has 0 saturated heterocycles. The number of aliphatic carboxylic acids is 2. The Hall–Kier alpha value is -1.93. The molecule has 14 nitrogen and oxygen atoms in total. The number of amides is 2. The van der Waals surface area contributed by atoms with Gasteiger partial charge in [0.25, 0.3) is 0 Å². The monoisotopic (exact) mass is 638 g/mol.